The van der Waals surface area contributed by atoms with Gasteiger partial charge in [-0.2, -0.15) is 0 Å². The van der Waals surface area contributed by atoms with Gasteiger partial charge in [0.25, 0.3) is 0 Å². The minimum Gasteiger partial charge on any atom is -0.423 e. The smallest absolute Gasteiger partial charge is 0.306 e. The van der Waals surface area contributed by atoms with E-state index in [2.05, 4.69) is 9.97 Å². The molecule has 0 aliphatic heterocycles. The van der Waals surface area contributed by atoms with Gasteiger partial charge in [-0.1, -0.05) is 0 Å². The molecule has 0 aromatic carbocycles. The van der Waals surface area contributed by atoms with Crippen molar-refractivity contribution < 1.29 is 4.42 Å². The summed E-state index contributed by atoms with van der Waals surface area (Å²) in [6.07, 6.45) is 6.04. The topological polar surface area (TPSA) is 69.3 Å². The molecule has 0 fully saturated rings. The fourth-order valence-electron chi connectivity index (χ4n) is 1.77. The lowest BCUT2D eigenvalue weighted by Gasteiger charge is -1.98. The lowest BCUT2D eigenvalue weighted by molar-refractivity contribution is 0.641. The van der Waals surface area contributed by atoms with Crippen molar-refractivity contribution >= 4 is 16.9 Å². The van der Waals surface area contributed by atoms with Crippen molar-refractivity contribution in [2.45, 2.75) is 6.42 Å². The largest absolute Gasteiger partial charge is 0.423 e. The zero-order valence-electron chi connectivity index (χ0n) is 8.05. The summed E-state index contributed by atoms with van der Waals surface area (Å²) in [6, 6.07) is 1.84. The van der Waals surface area contributed by atoms with Crippen LogP contribution in [0.1, 0.15) is 5.69 Å². The molecule has 5 nitrogen and oxygen atoms in total. The highest BCUT2D eigenvalue weighted by Gasteiger charge is 2.11. The van der Waals surface area contributed by atoms with Crippen molar-refractivity contribution in [3.63, 3.8) is 0 Å². The Kier molecular flexibility index (Phi) is 1.72. The quantitative estimate of drug-likeness (QED) is 0.672. The maximum atomic E-state index is 5.55. The summed E-state index contributed by atoms with van der Waals surface area (Å²) >= 11 is 0. The van der Waals surface area contributed by atoms with Gasteiger partial charge in [-0.25, -0.2) is 4.98 Å². The van der Waals surface area contributed by atoms with Crippen molar-refractivity contribution in [3.8, 4) is 0 Å². The number of nitrogens with zero attached hydrogens (tertiary/aromatic N) is 3. The van der Waals surface area contributed by atoms with Crippen LogP contribution in [-0.2, 0) is 6.42 Å². The summed E-state index contributed by atoms with van der Waals surface area (Å²) in [5.74, 6) is 0.594. The predicted octanol–water partition coefficient (Wildman–Crippen LogP) is 0.977. The fraction of sp³-hybridized carbons (Fsp3) is 0.200. The van der Waals surface area contributed by atoms with Gasteiger partial charge < -0.3 is 10.2 Å². The number of aromatic nitrogens is 3. The molecule has 0 aliphatic rings. The van der Waals surface area contributed by atoms with Crippen LogP contribution in [0, 0.1) is 0 Å². The van der Waals surface area contributed by atoms with Gasteiger partial charge in [0, 0.05) is 31.1 Å². The molecule has 76 valence electrons. The van der Waals surface area contributed by atoms with Crippen LogP contribution >= 0.6 is 0 Å². The Hall–Kier alpha value is -1.88. The van der Waals surface area contributed by atoms with Crippen LogP contribution in [0.4, 0.5) is 0 Å². The Labute approximate surface area is 85.5 Å². The first-order valence-corrected chi connectivity index (χ1v) is 4.79. The minimum absolute atomic E-state index is 0.577. The van der Waals surface area contributed by atoms with E-state index in [0.29, 0.717) is 12.4 Å². The molecule has 5 heteroatoms. The molecule has 3 aromatic rings. The lowest BCUT2D eigenvalue weighted by atomic mass is 10.2. The first kappa shape index (κ1) is 8.43. The van der Waals surface area contributed by atoms with Crippen LogP contribution in [0.25, 0.3) is 16.9 Å². The maximum Gasteiger partial charge on any atom is 0.306 e. The Morgan fingerprint density at radius 3 is 3.13 bits per heavy atom. The standard InChI is InChI=1S/C10H10N4O/c11-3-1-7-9-8(2-4-12-7)15-10-13-5-6-14(9)10/h2,4-6H,1,3,11H2. The summed E-state index contributed by atoms with van der Waals surface area (Å²) < 4.78 is 7.45. The third-order valence-corrected chi connectivity index (χ3v) is 2.39. The first-order chi connectivity index (χ1) is 7.40. The highest BCUT2D eigenvalue weighted by atomic mass is 16.4. The molecule has 3 heterocycles. The molecule has 0 saturated heterocycles. The van der Waals surface area contributed by atoms with E-state index in [9.17, 15) is 0 Å². The molecule has 15 heavy (non-hydrogen) atoms. The number of hydrogen-bond donors (Lipinski definition) is 1. The molecule has 0 spiro atoms. The molecular weight excluding hydrogens is 192 g/mol. The number of hydrogen-bond acceptors (Lipinski definition) is 4. The molecule has 0 aliphatic carbocycles. The van der Waals surface area contributed by atoms with E-state index in [-0.39, 0.29) is 0 Å². The van der Waals surface area contributed by atoms with Crippen LogP contribution < -0.4 is 5.73 Å². The molecular formula is C10H10N4O. The average Bonchev–Trinajstić information content (AvgIpc) is 2.77. The second-order valence-electron chi connectivity index (χ2n) is 3.32. The van der Waals surface area contributed by atoms with Gasteiger partial charge in [0.05, 0.1) is 5.69 Å². The van der Waals surface area contributed by atoms with Crippen molar-refractivity contribution in [3.05, 3.63) is 30.4 Å². The van der Waals surface area contributed by atoms with E-state index in [1.807, 2.05) is 16.7 Å². The van der Waals surface area contributed by atoms with E-state index >= 15 is 0 Å². The number of fused-ring (bicyclic) bond motifs is 3. The van der Waals surface area contributed by atoms with Crippen LogP contribution in [-0.4, -0.2) is 20.9 Å². The molecule has 3 rings (SSSR count). The minimum atomic E-state index is 0.577. The van der Waals surface area contributed by atoms with Crippen LogP contribution in [0.2, 0.25) is 0 Å². The first-order valence-electron chi connectivity index (χ1n) is 4.79. The summed E-state index contributed by atoms with van der Waals surface area (Å²) in [5, 5.41) is 0. The average molecular weight is 202 g/mol. The number of rotatable bonds is 2. The molecule has 0 atom stereocenters. The third-order valence-electron chi connectivity index (χ3n) is 2.39. The Morgan fingerprint density at radius 2 is 2.27 bits per heavy atom. The van der Waals surface area contributed by atoms with Crippen LogP contribution in [0.15, 0.2) is 29.1 Å². The third kappa shape index (κ3) is 1.13. The van der Waals surface area contributed by atoms with Gasteiger partial charge >= 0.3 is 5.84 Å². The number of nitrogens with two attached hydrogens (primary N) is 1. The second kappa shape index (κ2) is 3.06. The maximum absolute atomic E-state index is 5.55. The van der Waals surface area contributed by atoms with Crippen LogP contribution in [0.5, 0.6) is 0 Å². The van der Waals surface area contributed by atoms with Crippen LogP contribution in [0.3, 0.4) is 0 Å². The van der Waals surface area contributed by atoms with E-state index < -0.39 is 0 Å². The van der Waals surface area contributed by atoms with E-state index in [0.717, 1.165) is 23.2 Å². The predicted molar refractivity (Wildman–Crippen MR) is 55.5 cm³/mol. The molecule has 0 amide bonds. The number of pyridine rings is 1. The molecule has 3 aromatic heterocycles. The zero-order valence-corrected chi connectivity index (χ0v) is 8.05. The fourth-order valence-corrected chi connectivity index (χ4v) is 1.77. The number of imidazole rings is 1. The molecule has 2 N–H and O–H groups in total. The Balaban J connectivity index is 2.41. The molecule has 0 radical (unpaired) electrons. The van der Waals surface area contributed by atoms with Crippen molar-refractivity contribution in [1.29, 1.82) is 0 Å². The second-order valence-corrected chi connectivity index (χ2v) is 3.32. The lowest BCUT2D eigenvalue weighted by Crippen LogP contribution is -2.05. The van der Waals surface area contributed by atoms with Crippen molar-refractivity contribution in [1.82, 2.24) is 14.4 Å². The highest BCUT2D eigenvalue weighted by molar-refractivity contribution is 5.78. The Bertz CT molecular complexity index is 610. The monoisotopic (exact) mass is 202 g/mol. The molecule has 0 saturated carbocycles. The van der Waals surface area contributed by atoms with E-state index in [1.54, 1.807) is 12.4 Å². The number of oxazole rings is 1. The van der Waals surface area contributed by atoms with Gasteiger partial charge in [-0.05, 0) is 6.54 Å². The normalized spacial score (nSPS) is 11.5. The van der Waals surface area contributed by atoms with Gasteiger partial charge in [-0.15, -0.1) is 0 Å². The van der Waals surface area contributed by atoms with Crippen molar-refractivity contribution in [2.24, 2.45) is 5.73 Å². The molecule has 0 bridgehead atoms. The highest BCUT2D eigenvalue weighted by Crippen LogP contribution is 2.21. The summed E-state index contributed by atoms with van der Waals surface area (Å²) in [6.45, 7) is 0.577. The summed E-state index contributed by atoms with van der Waals surface area (Å²) in [7, 11) is 0. The van der Waals surface area contributed by atoms with E-state index in [4.69, 9.17) is 10.2 Å². The Morgan fingerprint density at radius 1 is 1.33 bits per heavy atom. The summed E-state index contributed by atoms with van der Waals surface area (Å²) in [4.78, 5) is 8.40. The molecule has 0 unspecified atom stereocenters. The summed E-state index contributed by atoms with van der Waals surface area (Å²) in [5.41, 5.74) is 8.27. The van der Waals surface area contributed by atoms with Gasteiger partial charge in [0.2, 0.25) is 0 Å². The zero-order chi connectivity index (χ0) is 10.3. The van der Waals surface area contributed by atoms with E-state index in [1.165, 1.54) is 0 Å². The van der Waals surface area contributed by atoms with Gasteiger partial charge in [0.1, 0.15) is 5.52 Å². The van der Waals surface area contributed by atoms with Gasteiger partial charge in [-0.3, -0.25) is 9.38 Å². The van der Waals surface area contributed by atoms with Crippen molar-refractivity contribution in [2.75, 3.05) is 6.54 Å². The SMILES string of the molecule is NCCc1nccc2oc3nccn3c12. The van der Waals surface area contributed by atoms with Gasteiger partial charge in [0.15, 0.2) is 5.58 Å².